The van der Waals surface area contributed by atoms with Crippen molar-refractivity contribution in [2.24, 2.45) is 0 Å². The molecule has 0 amide bonds. The smallest absolute Gasteiger partial charge is 0.264 e. The Morgan fingerprint density at radius 1 is 0.963 bits per heavy atom. The van der Waals surface area contributed by atoms with Crippen LogP contribution in [-0.4, -0.2) is 15.5 Å². The van der Waals surface area contributed by atoms with Crippen LogP contribution < -0.4 is 9.04 Å². The van der Waals surface area contributed by atoms with E-state index in [2.05, 4.69) is 0 Å². The lowest BCUT2D eigenvalue weighted by Crippen LogP contribution is -2.30. The van der Waals surface area contributed by atoms with Gasteiger partial charge in [0, 0.05) is 6.07 Å². The van der Waals surface area contributed by atoms with Crippen LogP contribution in [0.2, 0.25) is 0 Å². The molecule has 0 aliphatic rings. The van der Waals surface area contributed by atoms with Crippen molar-refractivity contribution < 1.29 is 17.5 Å². The molecule has 0 spiro atoms. The second-order valence-electron chi connectivity index (χ2n) is 6.16. The largest absolute Gasteiger partial charge is 0.497 e. The number of hydrogen-bond donors (Lipinski definition) is 0. The third kappa shape index (κ3) is 4.28. The molecule has 0 fully saturated rings. The minimum atomic E-state index is -3.85. The first-order valence-electron chi connectivity index (χ1n) is 8.38. The van der Waals surface area contributed by atoms with E-state index in [0.717, 1.165) is 5.56 Å². The molecule has 140 valence electrons. The minimum absolute atomic E-state index is 0.00113. The zero-order valence-corrected chi connectivity index (χ0v) is 15.9. The molecule has 3 rings (SSSR count). The molecule has 0 aliphatic carbocycles. The Labute approximate surface area is 158 Å². The third-order valence-electron chi connectivity index (χ3n) is 4.17. The van der Waals surface area contributed by atoms with Gasteiger partial charge in [0.2, 0.25) is 0 Å². The van der Waals surface area contributed by atoms with Gasteiger partial charge in [-0.15, -0.1) is 0 Å². The summed E-state index contributed by atoms with van der Waals surface area (Å²) in [5.41, 5.74) is 1.96. The molecule has 3 aromatic carbocycles. The molecule has 0 saturated heterocycles. The van der Waals surface area contributed by atoms with Gasteiger partial charge in [0.05, 0.1) is 24.2 Å². The second kappa shape index (κ2) is 7.80. The predicted octanol–water partition coefficient (Wildman–Crippen LogP) is 4.54. The number of halogens is 1. The molecular weight excluding hydrogens is 365 g/mol. The van der Waals surface area contributed by atoms with E-state index in [1.807, 2.05) is 6.92 Å². The predicted molar refractivity (Wildman–Crippen MR) is 104 cm³/mol. The fourth-order valence-electron chi connectivity index (χ4n) is 2.72. The number of aryl methyl sites for hydroxylation is 1. The van der Waals surface area contributed by atoms with E-state index in [4.69, 9.17) is 4.74 Å². The number of nitrogens with zero attached hydrogens (tertiary/aromatic N) is 1. The summed E-state index contributed by atoms with van der Waals surface area (Å²) in [4.78, 5) is 0.173. The second-order valence-corrected chi connectivity index (χ2v) is 8.02. The number of hydrogen-bond acceptors (Lipinski definition) is 3. The molecule has 0 N–H and O–H groups in total. The number of methoxy groups -OCH3 is 1. The quantitative estimate of drug-likeness (QED) is 0.626. The first kappa shape index (κ1) is 18.9. The van der Waals surface area contributed by atoms with Crippen molar-refractivity contribution in [3.63, 3.8) is 0 Å². The van der Waals surface area contributed by atoms with Gasteiger partial charge in [-0.3, -0.25) is 4.31 Å². The van der Waals surface area contributed by atoms with Gasteiger partial charge in [-0.25, -0.2) is 12.8 Å². The van der Waals surface area contributed by atoms with Crippen molar-refractivity contribution >= 4 is 15.7 Å². The van der Waals surface area contributed by atoms with Crippen molar-refractivity contribution in [1.82, 2.24) is 0 Å². The van der Waals surface area contributed by atoms with Gasteiger partial charge in [-0.05, 0) is 48.9 Å². The molecule has 4 nitrogen and oxygen atoms in total. The lowest BCUT2D eigenvalue weighted by molar-refractivity contribution is 0.415. The van der Waals surface area contributed by atoms with Gasteiger partial charge in [0.25, 0.3) is 10.0 Å². The lowest BCUT2D eigenvalue weighted by Gasteiger charge is -2.25. The summed E-state index contributed by atoms with van der Waals surface area (Å²) < 4.78 is 46.7. The summed E-state index contributed by atoms with van der Waals surface area (Å²) in [6.07, 6.45) is 0. The van der Waals surface area contributed by atoms with Crippen molar-refractivity contribution in [2.75, 3.05) is 11.4 Å². The number of ether oxygens (including phenoxy) is 1. The van der Waals surface area contributed by atoms with E-state index in [1.165, 1.54) is 23.5 Å². The fourth-order valence-corrected chi connectivity index (χ4v) is 4.16. The van der Waals surface area contributed by atoms with E-state index in [0.29, 0.717) is 17.0 Å². The van der Waals surface area contributed by atoms with Crippen LogP contribution in [0.5, 0.6) is 5.75 Å². The standard InChI is InChI=1S/C21H20FNO3S/c1-16-9-11-21(12-10-16)27(24,25)23(15-17-5-3-6-18(22)13-17)19-7-4-8-20(14-19)26-2/h3-14H,15H2,1-2H3. The molecule has 0 unspecified atom stereocenters. The maximum Gasteiger partial charge on any atom is 0.264 e. The van der Waals surface area contributed by atoms with Gasteiger partial charge in [0.15, 0.2) is 0 Å². The first-order valence-corrected chi connectivity index (χ1v) is 9.82. The van der Waals surface area contributed by atoms with Crippen molar-refractivity contribution in [2.45, 2.75) is 18.4 Å². The maximum atomic E-state index is 13.6. The van der Waals surface area contributed by atoms with Gasteiger partial charge in [0.1, 0.15) is 11.6 Å². The zero-order chi connectivity index (χ0) is 19.4. The normalized spacial score (nSPS) is 11.2. The van der Waals surface area contributed by atoms with Crippen LogP contribution in [0.25, 0.3) is 0 Å². The fraction of sp³-hybridized carbons (Fsp3) is 0.143. The Hall–Kier alpha value is -2.86. The van der Waals surface area contributed by atoms with Crippen LogP contribution in [-0.2, 0) is 16.6 Å². The van der Waals surface area contributed by atoms with Crippen molar-refractivity contribution in [3.8, 4) is 5.75 Å². The van der Waals surface area contributed by atoms with E-state index in [1.54, 1.807) is 60.7 Å². The number of anilines is 1. The first-order chi connectivity index (χ1) is 12.9. The number of benzene rings is 3. The Bertz CT molecular complexity index is 1030. The van der Waals surface area contributed by atoms with Crippen LogP contribution in [0.3, 0.4) is 0 Å². The van der Waals surface area contributed by atoms with Crippen LogP contribution in [0.15, 0.2) is 77.7 Å². The molecule has 0 bridgehead atoms. The highest BCUT2D eigenvalue weighted by Gasteiger charge is 2.25. The topological polar surface area (TPSA) is 46.6 Å². The summed E-state index contributed by atoms with van der Waals surface area (Å²) >= 11 is 0. The summed E-state index contributed by atoms with van der Waals surface area (Å²) in [5, 5.41) is 0. The Morgan fingerprint density at radius 3 is 2.33 bits per heavy atom. The van der Waals surface area contributed by atoms with Gasteiger partial charge >= 0.3 is 0 Å². The number of rotatable bonds is 6. The summed E-state index contributed by atoms with van der Waals surface area (Å²) in [6, 6.07) is 19.3. The summed E-state index contributed by atoms with van der Waals surface area (Å²) in [5.74, 6) is 0.127. The zero-order valence-electron chi connectivity index (χ0n) is 15.1. The third-order valence-corrected chi connectivity index (χ3v) is 5.95. The molecule has 0 heterocycles. The molecule has 0 aromatic heterocycles. The van der Waals surface area contributed by atoms with Crippen LogP contribution in [0.4, 0.5) is 10.1 Å². The Kier molecular flexibility index (Phi) is 5.46. The Balaban J connectivity index is 2.09. The molecule has 3 aromatic rings. The minimum Gasteiger partial charge on any atom is -0.497 e. The van der Waals surface area contributed by atoms with Gasteiger partial charge in [-0.2, -0.15) is 0 Å². The molecule has 0 aliphatic heterocycles. The molecule has 0 saturated carbocycles. The average molecular weight is 385 g/mol. The van der Waals surface area contributed by atoms with Crippen LogP contribution in [0.1, 0.15) is 11.1 Å². The number of sulfonamides is 1. The highest BCUT2D eigenvalue weighted by Crippen LogP contribution is 2.29. The summed E-state index contributed by atoms with van der Waals surface area (Å²) in [6.45, 7) is 1.89. The Morgan fingerprint density at radius 2 is 1.67 bits per heavy atom. The molecule has 0 atom stereocenters. The molecular formula is C21H20FNO3S. The molecule has 6 heteroatoms. The maximum absolute atomic E-state index is 13.6. The van der Waals surface area contributed by atoms with E-state index in [-0.39, 0.29) is 11.4 Å². The van der Waals surface area contributed by atoms with Gasteiger partial charge in [-0.1, -0.05) is 35.9 Å². The summed E-state index contributed by atoms with van der Waals surface area (Å²) in [7, 11) is -2.33. The highest BCUT2D eigenvalue weighted by atomic mass is 32.2. The van der Waals surface area contributed by atoms with E-state index in [9.17, 15) is 12.8 Å². The van der Waals surface area contributed by atoms with Crippen molar-refractivity contribution in [1.29, 1.82) is 0 Å². The van der Waals surface area contributed by atoms with Gasteiger partial charge < -0.3 is 4.74 Å². The van der Waals surface area contributed by atoms with Crippen LogP contribution in [0, 0.1) is 12.7 Å². The molecule has 0 radical (unpaired) electrons. The molecule has 27 heavy (non-hydrogen) atoms. The highest BCUT2D eigenvalue weighted by molar-refractivity contribution is 7.92. The van der Waals surface area contributed by atoms with Crippen molar-refractivity contribution in [3.05, 3.63) is 89.7 Å². The lowest BCUT2D eigenvalue weighted by atomic mass is 10.2. The monoisotopic (exact) mass is 385 g/mol. The average Bonchev–Trinajstić information content (AvgIpc) is 2.66. The van der Waals surface area contributed by atoms with E-state index < -0.39 is 15.8 Å². The van der Waals surface area contributed by atoms with E-state index >= 15 is 0 Å². The van der Waals surface area contributed by atoms with Crippen LogP contribution >= 0.6 is 0 Å². The SMILES string of the molecule is COc1cccc(N(Cc2cccc(F)c2)S(=O)(=O)c2ccc(C)cc2)c1.